The molecular formula is C23H28N4O2. The molecule has 6 nitrogen and oxygen atoms in total. The molecule has 0 amide bonds. The molecule has 6 heteroatoms. The number of piperazine rings is 1. The van der Waals surface area contributed by atoms with Crippen LogP contribution >= 0.6 is 0 Å². The minimum atomic E-state index is 0.107. The number of aromatic nitrogens is 2. The molecule has 1 atom stereocenters. The van der Waals surface area contributed by atoms with E-state index in [9.17, 15) is 0 Å². The van der Waals surface area contributed by atoms with Crippen LogP contribution in [0.3, 0.4) is 0 Å². The Balaban J connectivity index is 1.35. The second kappa shape index (κ2) is 8.76. The molecule has 0 aliphatic carbocycles. The summed E-state index contributed by atoms with van der Waals surface area (Å²) in [5.41, 5.74) is 3.68. The molecule has 1 fully saturated rings. The second-order valence-corrected chi connectivity index (χ2v) is 7.59. The van der Waals surface area contributed by atoms with Crippen LogP contribution in [0.2, 0.25) is 0 Å². The monoisotopic (exact) mass is 392 g/mol. The maximum absolute atomic E-state index is 5.98. The number of nitrogens with zero attached hydrogens (tertiary/aromatic N) is 4. The van der Waals surface area contributed by atoms with Crippen LogP contribution in [-0.4, -0.2) is 53.3 Å². The Kier molecular flexibility index (Phi) is 5.92. The van der Waals surface area contributed by atoms with Gasteiger partial charge in [-0.15, -0.1) is 10.2 Å². The number of methoxy groups -OCH3 is 1. The number of hydrogen-bond donors (Lipinski definition) is 0. The van der Waals surface area contributed by atoms with Crippen molar-refractivity contribution in [2.75, 3.05) is 33.3 Å². The number of benzene rings is 2. The van der Waals surface area contributed by atoms with Gasteiger partial charge in [-0.2, -0.15) is 0 Å². The Bertz CT molecular complexity index is 930. The number of aryl methyl sites for hydroxylation is 1. The average Bonchev–Trinajstić information content (AvgIpc) is 3.26. The van der Waals surface area contributed by atoms with Gasteiger partial charge in [-0.1, -0.05) is 24.3 Å². The lowest BCUT2D eigenvalue weighted by molar-refractivity contribution is 0.0875. The first kappa shape index (κ1) is 19.6. The van der Waals surface area contributed by atoms with Crippen molar-refractivity contribution in [2.24, 2.45) is 0 Å². The van der Waals surface area contributed by atoms with Gasteiger partial charge in [0, 0.05) is 38.3 Å². The van der Waals surface area contributed by atoms with Crippen molar-refractivity contribution >= 4 is 0 Å². The van der Waals surface area contributed by atoms with Crippen LogP contribution in [0.4, 0.5) is 0 Å². The topological polar surface area (TPSA) is 54.6 Å². The molecule has 0 radical (unpaired) electrons. The summed E-state index contributed by atoms with van der Waals surface area (Å²) >= 11 is 0. The van der Waals surface area contributed by atoms with E-state index >= 15 is 0 Å². The average molecular weight is 393 g/mol. The smallest absolute Gasteiger partial charge is 0.247 e. The van der Waals surface area contributed by atoms with Crippen LogP contribution < -0.4 is 4.74 Å². The third-order valence-electron chi connectivity index (χ3n) is 5.74. The largest absolute Gasteiger partial charge is 0.497 e. The van der Waals surface area contributed by atoms with E-state index in [0.29, 0.717) is 11.8 Å². The Morgan fingerprint density at radius 1 is 1.00 bits per heavy atom. The van der Waals surface area contributed by atoms with Crippen molar-refractivity contribution in [3.8, 4) is 17.2 Å². The first-order valence-electron chi connectivity index (χ1n) is 10.1. The Morgan fingerprint density at radius 3 is 2.41 bits per heavy atom. The molecule has 0 bridgehead atoms. The molecule has 0 N–H and O–H groups in total. The van der Waals surface area contributed by atoms with E-state index in [4.69, 9.17) is 9.15 Å². The van der Waals surface area contributed by atoms with Crippen molar-refractivity contribution in [3.63, 3.8) is 0 Å². The van der Waals surface area contributed by atoms with Crippen molar-refractivity contribution in [3.05, 3.63) is 65.5 Å². The minimum Gasteiger partial charge on any atom is -0.497 e. The van der Waals surface area contributed by atoms with Gasteiger partial charge in [-0.05, 0) is 49.2 Å². The molecule has 29 heavy (non-hydrogen) atoms. The van der Waals surface area contributed by atoms with Gasteiger partial charge in [0.25, 0.3) is 0 Å². The molecule has 4 rings (SSSR count). The minimum absolute atomic E-state index is 0.107. The summed E-state index contributed by atoms with van der Waals surface area (Å²) in [5, 5.41) is 8.55. The summed E-state index contributed by atoms with van der Waals surface area (Å²) in [6.45, 7) is 9.40. The summed E-state index contributed by atoms with van der Waals surface area (Å²) in [6.07, 6.45) is 0. The van der Waals surface area contributed by atoms with Crippen LogP contribution in [0.5, 0.6) is 5.75 Å². The van der Waals surface area contributed by atoms with Gasteiger partial charge < -0.3 is 9.15 Å². The Morgan fingerprint density at radius 2 is 1.72 bits per heavy atom. The van der Waals surface area contributed by atoms with Gasteiger partial charge in [0.2, 0.25) is 11.8 Å². The summed E-state index contributed by atoms with van der Waals surface area (Å²) in [5.74, 6) is 2.03. The lowest BCUT2D eigenvalue weighted by Crippen LogP contribution is -2.46. The number of ether oxygens (including phenoxy) is 1. The predicted molar refractivity (Wildman–Crippen MR) is 113 cm³/mol. The maximum atomic E-state index is 5.98. The lowest BCUT2D eigenvalue weighted by atomic mass is 10.1. The van der Waals surface area contributed by atoms with Crippen molar-refractivity contribution in [1.82, 2.24) is 20.0 Å². The predicted octanol–water partition coefficient (Wildman–Crippen LogP) is 3.93. The SMILES string of the molecule is COc1ccc(-c2nnc([C@@H](C)N3CCN(Cc4ccccc4C)CC3)o2)cc1. The van der Waals surface area contributed by atoms with E-state index in [1.165, 1.54) is 11.1 Å². The normalized spacial score (nSPS) is 16.7. The maximum Gasteiger partial charge on any atom is 0.247 e. The van der Waals surface area contributed by atoms with E-state index < -0.39 is 0 Å². The van der Waals surface area contributed by atoms with Crippen LogP contribution in [0.1, 0.15) is 30.0 Å². The zero-order valence-corrected chi connectivity index (χ0v) is 17.3. The molecule has 2 heterocycles. The fourth-order valence-electron chi connectivity index (χ4n) is 3.75. The first-order valence-corrected chi connectivity index (χ1v) is 10.1. The van der Waals surface area contributed by atoms with Gasteiger partial charge >= 0.3 is 0 Å². The molecule has 1 aromatic heterocycles. The molecule has 1 aliphatic rings. The van der Waals surface area contributed by atoms with Crippen molar-refractivity contribution < 1.29 is 9.15 Å². The quantitative estimate of drug-likeness (QED) is 0.634. The highest BCUT2D eigenvalue weighted by Gasteiger charge is 2.26. The molecule has 152 valence electrons. The van der Waals surface area contributed by atoms with Crippen molar-refractivity contribution in [2.45, 2.75) is 26.4 Å². The van der Waals surface area contributed by atoms with E-state index in [0.717, 1.165) is 44.0 Å². The van der Waals surface area contributed by atoms with E-state index in [2.05, 4.69) is 58.1 Å². The highest BCUT2D eigenvalue weighted by molar-refractivity contribution is 5.53. The molecule has 2 aromatic carbocycles. The van der Waals surface area contributed by atoms with E-state index in [-0.39, 0.29) is 6.04 Å². The Labute approximate surface area is 172 Å². The van der Waals surface area contributed by atoms with Crippen LogP contribution in [0.25, 0.3) is 11.5 Å². The zero-order valence-electron chi connectivity index (χ0n) is 17.3. The summed E-state index contributed by atoms with van der Waals surface area (Å²) in [4.78, 5) is 4.93. The molecule has 1 saturated heterocycles. The molecule has 0 unspecified atom stereocenters. The van der Waals surface area contributed by atoms with Crippen LogP contribution in [0, 0.1) is 6.92 Å². The highest BCUT2D eigenvalue weighted by atomic mass is 16.5. The molecule has 0 spiro atoms. The Hall–Kier alpha value is -2.70. The third-order valence-corrected chi connectivity index (χ3v) is 5.74. The fraction of sp³-hybridized carbons (Fsp3) is 0.391. The van der Waals surface area contributed by atoms with Gasteiger partial charge in [-0.3, -0.25) is 9.80 Å². The number of hydrogen-bond acceptors (Lipinski definition) is 6. The molecule has 0 saturated carbocycles. The fourth-order valence-corrected chi connectivity index (χ4v) is 3.75. The number of rotatable bonds is 6. The lowest BCUT2D eigenvalue weighted by Gasteiger charge is -2.37. The van der Waals surface area contributed by atoms with Crippen molar-refractivity contribution in [1.29, 1.82) is 0 Å². The van der Waals surface area contributed by atoms with Crippen LogP contribution in [0.15, 0.2) is 52.9 Å². The van der Waals surface area contributed by atoms with E-state index in [1.54, 1.807) is 7.11 Å². The zero-order chi connectivity index (χ0) is 20.2. The highest BCUT2D eigenvalue weighted by Crippen LogP contribution is 2.26. The van der Waals surface area contributed by atoms with Gasteiger partial charge in [-0.25, -0.2) is 0 Å². The second-order valence-electron chi connectivity index (χ2n) is 7.59. The molecule has 1 aliphatic heterocycles. The van der Waals surface area contributed by atoms with Crippen LogP contribution in [-0.2, 0) is 6.54 Å². The molecular weight excluding hydrogens is 364 g/mol. The first-order chi connectivity index (χ1) is 14.1. The van der Waals surface area contributed by atoms with Gasteiger partial charge in [0.15, 0.2) is 0 Å². The summed E-state index contributed by atoms with van der Waals surface area (Å²) < 4.78 is 11.2. The summed E-state index contributed by atoms with van der Waals surface area (Å²) in [7, 11) is 1.66. The molecule has 3 aromatic rings. The van der Waals surface area contributed by atoms with Gasteiger partial charge in [0.05, 0.1) is 13.2 Å². The van der Waals surface area contributed by atoms with E-state index in [1.807, 2.05) is 24.3 Å². The summed E-state index contributed by atoms with van der Waals surface area (Å²) in [6, 6.07) is 16.4. The standard InChI is InChI=1S/C23H28N4O2/c1-17-6-4-5-7-20(17)16-26-12-14-27(15-13-26)18(2)22-24-25-23(29-22)19-8-10-21(28-3)11-9-19/h4-11,18H,12-16H2,1-3H3/t18-/m1/s1. The van der Waals surface area contributed by atoms with Gasteiger partial charge in [0.1, 0.15) is 5.75 Å². The third kappa shape index (κ3) is 4.49.